The van der Waals surface area contributed by atoms with Crippen LogP contribution in [0.25, 0.3) is 0 Å². The molecule has 0 aliphatic heterocycles. The molecular weight excluding hydrogens is 208 g/mol. The third kappa shape index (κ3) is 2.03. The topological polar surface area (TPSA) is 17.1 Å². The standard InChI is InChI=1S/C16H20O/c17-11-15-7-3-6-14-10-13(8-9-16(14)15)12-4-1-2-5-12/h8-12,15H,1-7H2. The molecular formula is C16H20O. The summed E-state index contributed by atoms with van der Waals surface area (Å²) in [6.07, 6.45) is 10.0. The summed E-state index contributed by atoms with van der Waals surface area (Å²) in [7, 11) is 0. The van der Waals surface area contributed by atoms with E-state index in [9.17, 15) is 4.79 Å². The van der Waals surface area contributed by atoms with Crippen LogP contribution in [0.1, 0.15) is 67.1 Å². The second-order valence-corrected chi connectivity index (χ2v) is 5.57. The van der Waals surface area contributed by atoms with Gasteiger partial charge in [-0.3, -0.25) is 0 Å². The van der Waals surface area contributed by atoms with Crippen LogP contribution in [0.2, 0.25) is 0 Å². The van der Waals surface area contributed by atoms with Gasteiger partial charge in [-0.1, -0.05) is 31.0 Å². The number of carbonyl (C=O) groups excluding carboxylic acids is 1. The van der Waals surface area contributed by atoms with Gasteiger partial charge in [0.1, 0.15) is 6.29 Å². The second-order valence-electron chi connectivity index (χ2n) is 5.57. The molecule has 90 valence electrons. The fraction of sp³-hybridized carbons (Fsp3) is 0.562. The zero-order valence-electron chi connectivity index (χ0n) is 10.3. The summed E-state index contributed by atoms with van der Waals surface area (Å²) in [4.78, 5) is 11.1. The number of benzene rings is 1. The number of hydrogen-bond donors (Lipinski definition) is 0. The number of rotatable bonds is 2. The van der Waals surface area contributed by atoms with Gasteiger partial charge in [-0.25, -0.2) is 0 Å². The van der Waals surface area contributed by atoms with Gasteiger partial charge in [0, 0.05) is 5.92 Å². The SMILES string of the molecule is O=CC1CCCc2cc(C3CCCC3)ccc21. The molecule has 0 heterocycles. The summed E-state index contributed by atoms with van der Waals surface area (Å²) >= 11 is 0. The van der Waals surface area contributed by atoms with E-state index < -0.39 is 0 Å². The summed E-state index contributed by atoms with van der Waals surface area (Å²) in [5.74, 6) is 0.952. The third-order valence-corrected chi connectivity index (χ3v) is 4.52. The molecule has 0 aromatic heterocycles. The highest BCUT2D eigenvalue weighted by Crippen LogP contribution is 2.37. The Labute approximate surface area is 103 Å². The average Bonchev–Trinajstić information content (AvgIpc) is 2.91. The Hall–Kier alpha value is -1.11. The molecule has 0 amide bonds. The van der Waals surface area contributed by atoms with Crippen LogP contribution >= 0.6 is 0 Å². The van der Waals surface area contributed by atoms with Crippen LogP contribution in [0, 0.1) is 0 Å². The lowest BCUT2D eigenvalue weighted by molar-refractivity contribution is -0.109. The van der Waals surface area contributed by atoms with E-state index in [1.807, 2.05) is 0 Å². The van der Waals surface area contributed by atoms with Gasteiger partial charge in [-0.2, -0.15) is 0 Å². The zero-order chi connectivity index (χ0) is 11.7. The first-order valence-corrected chi connectivity index (χ1v) is 6.96. The van der Waals surface area contributed by atoms with Gasteiger partial charge < -0.3 is 4.79 Å². The molecule has 0 N–H and O–H groups in total. The van der Waals surface area contributed by atoms with Crippen LogP contribution in [0.3, 0.4) is 0 Å². The van der Waals surface area contributed by atoms with Crippen LogP contribution < -0.4 is 0 Å². The lowest BCUT2D eigenvalue weighted by Gasteiger charge is -2.23. The smallest absolute Gasteiger partial charge is 0.127 e. The largest absolute Gasteiger partial charge is 0.303 e. The summed E-state index contributed by atoms with van der Waals surface area (Å²) < 4.78 is 0. The molecule has 0 radical (unpaired) electrons. The fourth-order valence-electron chi connectivity index (χ4n) is 3.53. The minimum absolute atomic E-state index is 0.163. The number of carbonyl (C=O) groups is 1. The predicted molar refractivity (Wildman–Crippen MR) is 69.4 cm³/mol. The molecule has 2 aliphatic rings. The van der Waals surface area contributed by atoms with Crippen molar-refractivity contribution in [3.8, 4) is 0 Å². The molecule has 0 spiro atoms. The van der Waals surface area contributed by atoms with Crippen molar-refractivity contribution < 1.29 is 4.79 Å². The maximum absolute atomic E-state index is 11.1. The van der Waals surface area contributed by atoms with Crippen molar-refractivity contribution in [3.63, 3.8) is 0 Å². The van der Waals surface area contributed by atoms with Gasteiger partial charge in [0.2, 0.25) is 0 Å². The van der Waals surface area contributed by atoms with E-state index in [4.69, 9.17) is 0 Å². The summed E-state index contributed by atoms with van der Waals surface area (Å²) in [5.41, 5.74) is 4.26. The van der Waals surface area contributed by atoms with E-state index in [-0.39, 0.29) is 5.92 Å². The molecule has 0 saturated heterocycles. The Balaban J connectivity index is 1.92. The van der Waals surface area contributed by atoms with Gasteiger partial charge >= 0.3 is 0 Å². The monoisotopic (exact) mass is 228 g/mol. The number of aldehydes is 1. The first-order chi connectivity index (χ1) is 8.38. The normalized spacial score (nSPS) is 24.6. The Morgan fingerprint density at radius 3 is 2.65 bits per heavy atom. The Morgan fingerprint density at radius 1 is 1.06 bits per heavy atom. The maximum atomic E-state index is 11.1. The van der Waals surface area contributed by atoms with Crippen molar-refractivity contribution >= 4 is 6.29 Å². The van der Waals surface area contributed by atoms with Crippen molar-refractivity contribution in [1.82, 2.24) is 0 Å². The van der Waals surface area contributed by atoms with E-state index in [2.05, 4.69) is 18.2 Å². The van der Waals surface area contributed by atoms with Crippen molar-refractivity contribution in [1.29, 1.82) is 0 Å². The molecule has 1 atom stereocenters. The molecule has 1 fully saturated rings. The molecule has 1 aromatic carbocycles. The van der Waals surface area contributed by atoms with Crippen molar-refractivity contribution in [2.24, 2.45) is 0 Å². The van der Waals surface area contributed by atoms with Gasteiger partial charge in [-0.15, -0.1) is 0 Å². The molecule has 1 heteroatoms. The highest BCUT2D eigenvalue weighted by molar-refractivity contribution is 5.64. The molecule has 1 unspecified atom stereocenters. The lowest BCUT2D eigenvalue weighted by Crippen LogP contribution is -2.11. The van der Waals surface area contributed by atoms with Crippen LogP contribution in [-0.2, 0) is 11.2 Å². The lowest BCUT2D eigenvalue weighted by atomic mass is 9.81. The predicted octanol–water partition coefficient (Wildman–Crippen LogP) is 3.96. The first kappa shape index (κ1) is 11.0. The minimum Gasteiger partial charge on any atom is -0.303 e. The van der Waals surface area contributed by atoms with Gasteiger partial charge in [0.25, 0.3) is 0 Å². The van der Waals surface area contributed by atoms with Crippen molar-refractivity contribution in [2.45, 2.75) is 56.8 Å². The van der Waals surface area contributed by atoms with E-state index in [0.29, 0.717) is 0 Å². The molecule has 1 nitrogen and oxygen atoms in total. The summed E-state index contributed by atoms with van der Waals surface area (Å²) in [6.45, 7) is 0. The van der Waals surface area contributed by atoms with Crippen LogP contribution in [0.4, 0.5) is 0 Å². The molecule has 0 bridgehead atoms. The number of hydrogen-bond acceptors (Lipinski definition) is 1. The van der Waals surface area contributed by atoms with Crippen LogP contribution in [0.5, 0.6) is 0 Å². The van der Waals surface area contributed by atoms with Crippen molar-refractivity contribution in [2.75, 3.05) is 0 Å². The Morgan fingerprint density at radius 2 is 1.88 bits per heavy atom. The highest BCUT2D eigenvalue weighted by atomic mass is 16.1. The van der Waals surface area contributed by atoms with E-state index in [1.54, 1.807) is 0 Å². The Bertz CT molecular complexity index is 416. The second kappa shape index (κ2) is 4.64. The molecule has 3 rings (SSSR count). The first-order valence-electron chi connectivity index (χ1n) is 6.96. The Kier molecular flexibility index (Phi) is 3.00. The highest BCUT2D eigenvalue weighted by Gasteiger charge is 2.22. The number of fused-ring (bicyclic) bond motifs is 1. The molecule has 1 saturated carbocycles. The third-order valence-electron chi connectivity index (χ3n) is 4.52. The van der Waals surface area contributed by atoms with Gasteiger partial charge in [0.15, 0.2) is 0 Å². The summed E-state index contributed by atoms with van der Waals surface area (Å²) in [6, 6.07) is 6.89. The van der Waals surface area contributed by atoms with Gasteiger partial charge in [-0.05, 0) is 54.7 Å². The molecule has 2 aliphatic carbocycles. The quantitative estimate of drug-likeness (QED) is 0.700. The molecule has 17 heavy (non-hydrogen) atoms. The molecule has 1 aromatic rings. The van der Waals surface area contributed by atoms with E-state index in [1.165, 1.54) is 55.2 Å². The fourth-order valence-corrected chi connectivity index (χ4v) is 3.53. The minimum atomic E-state index is 0.163. The van der Waals surface area contributed by atoms with Crippen LogP contribution in [0.15, 0.2) is 18.2 Å². The van der Waals surface area contributed by atoms with E-state index in [0.717, 1.165) is 18.6 Å². The summed E-state index contributed by atoms with van der Waals surface area (Å²) in [5, 5.41) is 0. The maximum Gasteiger partial charge on any atom is 0.127 e. The van der Waals surface area contributed by atoms with E-state index >= 15 is 0 Å². The average molecular weight is 228 g/mol. The zero-order valence-corrected chi connectivity index (χ0v) is 10.3. The van der Waals surface area contributed by atoms with Crippen LogP contribution in [-0.4, -0.2) is 6.29 Å². The number of aryl methyl sites for hydroxylation is 1. The van der Waals surface area contributed by atoms with Crippen molar-refractivity contribution in [3.05, 3.63) is 34.9 Å². The van der Waals surface area contributed by atoms with Gasteiger partial charge in [0.05, 0.1) is 0 Å².